The number of aromatic nitrogens is 2. The lowest BCUT2D eigenvalue weighted by atomic mass is 10.2. The molecule has 0 bridgehead atoms. The molecule has 0 saturated heterocycles. The van der Waals surface area contributed by atoms with E-state index in [9.17, 15) is 0 Å². The van der Waals surface area contributed by atoms with Crippen LogP contribution in [0.5, 0.6) is 0 Å². The number of hydrogen-bond acceptors (Lipinski definition) is 4. The second-order valence-corrected chi connectivity index (χ2v) is 4.41. The number of aryl methyl sites for hydroxylation is 1. The normalized spacial score (nSPS) is 10.6. The number of benzene rings is 1. The van der Waals surface area contributed by atoms with E-state index in [-0.39, 0.29) is 0 Å². The van der Waals surface area contributed by atoms with Gasteiger partial charge in [-0.05, 0) is 12.5 Å². The second-order valence-electron chi connectivity index (χ2n) is 3.49. The van der Waals surface area contributed by atoms with Crippen molar-refractivity contribution >= 4 is 11.8 Å². The van der Waals surface area contributed by atoms with E-state index in [1.807, 2.05) is 0 Å². The number of nitrogens with zero attached hydrogens (tertiary/aromatic N) is 2. The van der Waals surface area contributed by atoms with Crippen LogP contribution in [0.4, 0.5) is 0 Å². The summed E-state index contributed by atoms with van der Waals surface area (Å²) in [7, 11) is 0. The molecule has 0 radical (unpaired) electrons. The average Bonchev–Trinajstić information content (AvgIpc) is 2.76. The van der Waals surface area contributed by atoms with E-state index in [4.69, 9.17) is 4.42 Å². The summed E-state index contributed by atoms with van der Waals surface area (Å²) in [5.41, 5.74) is 6.22. The Hall–Kier alpha value is -1.33. The molecule has 1 aromatic carbocycles. The highest BCUT2D eigenvalue weighted by Crippen LogP contribution is 2.21. The summed E-state index contributed by atoms with van der Waals surface area (Å²) in [6, 6.07) is 8.43. The highest BCUT2D eigenvalue weighted by atomic mass is 32.2. The molecule has 2 aromatic rings. The summed E-state index contributed by atoms with van der Waals surface area (Å²) >= 11 is 1.55. The fraction of sp³-hybridized carbons (Fsp3) is 0.273. The van der Waals surface area contributed by atoms with Gasteiger partial charge in [0.2, 0.25) is 0 Å². The average molecular weight is 236 g/mol. The van der Waals surface area contributed by atoms with Crippen LogP contribution in [0, 0.1) is 6.92 Å². The molecule has 2 rings (SSSR count). The minimum Gasteiger partial charge on any atom is -0.410 e. The predicted molar refractivity (Wildman–Crippen MR) is 61.6 cm³/mol. The zero-order valence-electron chi connectivity index (χ0n) is 9.14. The number of thioether (sulfide) groups is 1. The first-order chi connectivity index (χ1) is 7.78. The highest BCUT2D eigenvalue weighted by Gasteiger charge is 2.06. The van der Waals surface area contributed by atoms with Gasteiger partial charge >= 0.3 is 0 Å². The molecule has 1 heterocycles. The largest absolute Gasteiger partial charge is 0.410 e. The van der Waals surface area contributed by atoms with Crippen molar-refractivity contribution in [1.29, 1.82) is 0 Å². The van der Waals surface area contributed by atoms with Gasteiger partial charge in [0.05, 0.1) is 0 Å². The third-order valence-corrected chi connectivity index (χ3v) is 3.03. The maximum absolute atomic E-state index is 5.36. The summed E-state index contributed by atoms with van der Waals surface area (Å²) in [6.07, 6.45) is 0. The Labute approximate surface area is 98.2 Å². The molecule has 4 nitrogen and oxygen atoms in total. The van der Waals surface area contributed by atoms with Crippen molar-refractivity contribution < 1.29 is 10.2 Å². The van der Waals surface area contributed by atoms with Gasteiger partial charge in [-0.3, -0.25) is 0 Å². The Morgan fingerprint density at radius 1 is 1.25 bits per heavy atom. The van der Waals surface area contributed by atoms with Crippen molar-refractivity contribution in [2.45, 2.75) is 24.4 Å². The maximum Gasteiger partial charge on any atom is 0.277 e. The Morgan fingerprint density at radius 2 is 2.00 bits per heavy atom. The van der Waals surface area contributed by atoms with E-state index in [0.29, 0.717) is 17.7 Å². The van der Waals surface area contributed by atoms with Crippen LogP contribution >= 0.6 is 11.8 Å². The van der Waals surface area contributed by atoms with Crippen molar-refractivity contribution in [1.82, 2.24) is 10.2 Å². The van der Waals surface area contributed by atoms with Crippen LogP contribution in [-0.4, -0.2) is 10.2 Å². The summed E-state index contributed by atoms with van der Waals surface area (Å²) in [5.74, 6) is 1.44. The SMILES string of the molecule is Cc1ccc(CSc2nnc(C[NH3+])o2)cc1. The van der Waals surface area contributed by atoms with E-state index in [2.05, 4.69) is 47.1 Å². The molecule has 84 valence electrons. The third-order valence-electron chi connectivity index (χ3n) is 2.15. The van der Waals surface area contributed by atoms with Crippen molar-refractivity contribution in [2.75, 3.05) is 0 Å². The van der Waals surface area contributed by atoms with Crippen molar-refractivity contribution in [2.24, 2.45) is 0 Å². The van der Waals surface area contributed by atoms with Crippen molar-refractivity contribution in [3.05, 3.63) is 41.3 Å². The molecule has 0 aliphatic carbocycles. The van der Waals surface area contributed by atoms with Crippen LogP contribution < -0.4 is 5.73 Å². The van der Waals surface area contributed by atoms with Crippen LogP contribution in [0.1, 0.15) is 17.0 Å². The molecule has 0 fully saturated rings. The van der Waals surface area contributed by atoms with Crippen LogP contribution in [0.25, 0.3) is 0 Å². The van der Waals surface area contributed by atoms with E-state index in [1.165, 1.54) is 11.1 Å². The Morgan fingerprint density at radius 3 is 2.62 bits per heavy atom. The standard InChI is InChI=1S/C11H13N3OS/c1-8-2-4-9(5-3-8)7-16-11-14-13-10(6-12)15-11/h2-5H,6-7,12H2,1H3/p+1. The molecule has 0 unspecified atom stereocenters. The summed E-state index contributed by atoms with van der Waals surface area (Å²) in [4.78, 5) is 0. The van der Waals surface area contributed by atoms with Crippen molar-refractivity contribution in [3.8, 4) is 0 Å². The number of rotatable bonds is 4. The Kier molecular flexibility index (Phi) is 3.58. The molecule has 16 heavy (non-hydrogen) atoms. The summed E-state index contributed by atoms with van der Waals surface area (Å²) < 4.78 is 5.36. The quantitative estimate of drug-likeness (QED) is 0.815. The van der Waals surface area contributed by atoms with Gasteiger partial charge in [0, 0.05) is 5.75 Å². The number of hydrogen-bond donors (Lipinski definition) is 1. The first kappa shape index (κ1) is 11.2. The van der Waals surface area contributed by atoms with E-state index in [1.54, 1.807) is 11.8 Å². The van der Waals surface area contributed by atoms with Gasteiger partial charge in [0.25, 0.3) is 11.1 Å². The van der Waals surface area contributed by atoms with Crippen LogP contribution in [-0.2, 0) is 12.3 Å². The van der Waals surface area contributed by atoms with Gasteiger partial charge in [-0.1, -0.05) is 41.6 Å². The summed E-state index contributed by atoms with van der Waals surface area (Å²) in [6.45, 7) is 2.62. The van der Waals surface area contributed by atoms with E-state index in [0.717, 1.165) is 5.75 Å². The highest BCUT2D eigenvalue weighted by molar-refractivity contribution is 7.98. The Balaban J connectivity index is 1.94. The van der Waals surface area contributed by atoms with E-state index >= 15 is 0 Å². The zero-order valence-corrected chi connectivity index (χ0v) is 9.96. The molecule has 5 heteroatoms. The lowest BCUT2D eigenvalue weighted by molar-refractivity contribution is -0.391. The minimum absolute atomic E-state index is 0.540. The van der Waals surface area contributed by atoms with Crippen molar-refractivity contribution in [3.63, 3.8) is 0 Å². The molecule has 0 amide bonds. The molecular weight excluding hydrogens is 222 g/mol. The van der Waals surface area contributed by atoms with Gasteiger partial charge in [-0.25, -0.2) is 0 Å². The molecule has 0 spiro atoms. The minimum atomic E-state index is 0.540. The topological polar surface area (TPSA) is 66.6 Å². The van der Waals surface area contributed by atoms with E-state index < -0.39 is 0 Å². The smallest absolute Gasteiger partial charge is 0.277 e. The van der Waals surface area contributed by atoms with Gasteiger partial charge in [0.1, 0.15) is 0 Å². The molecule has 3 N–H and O–H groups in total. The van der Waals surface area contributed by atoms with Gasteiger partial charge in [-0.2, -0.15) is 0 Å². The molecule has 0 saturated carbocycles. The number of quaternary nitrogens is 1. The Bertz CT molecular complexity index is 453. The molecule has 0 aliphatic rings. The second kappa shape index (κ2) is 5.14. The zero-order chi connectivity index (χ0) is 11.4. The fourth-order valence-electron chi connectivity index (χ4n) is 1.23. The molecule has 1 aromatic heterocycles. The van der Waals surface area contributed by atoms with Gasteiger partial charge in [-0.15, -0.1) is 10.2 Å². The maximum atomic E-state index is 5.36. The van der Waals surface area contributed by atoms with Crippen LogP contribution in [0.15, 0.2) is 33.9 Å². The van der Waals surface area contributed by atoms with Gasteiger partial charge < -0.3 is 10.2 Å². The lowest BCUT2D eigenvalue weighted by Crippen LogP contribution is -2.47. The summed E-state index contributed by atoms with van der Waals surface area (Å²) in [5, 5.41) is 8.40. The first-order valence-electron chi connectivity index (χ1n) is 5.08. The predicted octanol–water partition coefficient (Wildman–Crippen LogP) is 1.41. The monoisotopic (exact) mass is 236 g/mol. The molecule has 0 atom stereocenters. The van der Waals surface area contributed by atoms with Crippen LogP contribution in [0.2, 0.25) is 0 Å². The fourth-order valence-corrected chi connectivity index (χ4v) is 1.96. The van der Waals surface area contributed by atoms with Gasteiger partial charge in [0.15, 0.2) is 6.54 Å². The van der Waals surface area contributed by atoms with Crippen LogP contribution in [0.3, 0.4) is 0 Å². The molecular formula is C11H14N3OS+. The third kappa shape index (κ3) is 2.84. The first-order valence-corrected chi connectivity index (χ1v) is 6.06. The lowest BCUT2D eigenvalue weighted by Gasteiger charge is -1.98. The molecule has 0 aliphatic heterocycles.